The van der Waals surface area contributed by atoms with Crippen molar-refractivity contribution in [2.75, 3.05) is 0 Å². The molecular formula is C24H27N11O. The molecule has 0 saturated carbocycles. The van der Waals surface area contributed by atoms with Crippen LogP contribution < -0.4 is 5.69 Å². The molecule has 0 saturated heterocycles. The van der Waals surface area contributed by atoms with Gasteiger partial charge in [0.2, 0.25) is 0 Å². The van der Waals surface area contributed by atoms with Gasteiger partial charge in [-0.2, -0.15) is 0 Å². The molecule has 1 aromatic carbocycles. The van der Waals surface area contributed by atoms with Gasteiger partial charge in [0.05, 0.1) is 12.2 Å². The standard InChI is InChI=1S/C24H27N11O/c1-3-5-12-35-23(28-31-32-35)34-16-21(7-4-2)33(24(34)36)15-20-14-18(10-11-25-20)17-8-6-9-19(13-17)22-26-29-30-27-22/h6,8-11,13-14,16H,3-5,7,12,15H2,1-2H3,(H,26,27,29,30). The lowest BCUT2D eigenvalue weighted by atomic mass is 10.0. The number of pyridine rings is 1. The minimum atomic E-state index is -0.182. The molecule has 184 valence electrons. The van der Waals surface area contributed by atoms with Crippen LogP contribution in [0.2, 0.25) is 0 Å². The first-order valence-electron chi connectivity index (χ1n) is 12.0. The van der Waals surface area contributed by atoms with Crippen LogP contribution in [0.5, 0.6) is 0 Å². The number of nitrogens with zero attached hydrogens (tertiary/aromatic N) is 10. The van der Waals surface area contributed by atoms with E-state index in [0.717, 1.165) is 53.8 Å². The van der Waals surface area contributed by atoms with Crippen molar-refractivity contribution in [1.29, 1.82) is 0 Å². The third-order valence-corrected chi connectivity index (χ3v) is 5.97. The van der Waals surface area contributed by atoms with Crippen LogP contribution in [0, 0.1) is 0 Å². The minimum absolute atomic E-state index is 0.182. The second-order valence-corrected chi connectivity index (χ2v) is 8.53. The molecule has 0 unspecified atom stereocenters. The summed E-state index contributed by atoms with van der Waals surface area (Å²) in [6.45, 7) is 5.20. The fraction of sp³-hybridized carbons (Fsp3) is 0.333. The van der Waals surface area contributed by atoms with Crippen molar-refractivity contribution >= 4 is 0 Å². The highest BCUT2D eigenvalue weighted by Crippen LogP contribution is 2.24. The summed E-state index contributed by atoms with van der Waals surface area (Å²) in [5.74, 6) is 1.04. The number of aryl methyl sites for hydroxylation is 2. The van der Waals surface area contributed by atoms with E-state index in [4.69, 9.17) is 0 Å². The van der Waals surface area contributed by atoms with Gasteiger partial charge in [-0.15, -0.1) is 5.10 Å². The highest BCUT2D eigenvalue weighted by Gasteiger charge is 2.18. The zero-order valence-corrected chi connectivity index (χ0v) is 20.2. The van der Waals surface area contributed by atoms with Crippen molar-refractivity contribution in [3.05, 3.63) is 70.7 Å². The Labute approximate surface area is 207 Å². The molecule has 4 heterocycles. The first-order valence-corrected chi connectivity index (χ1v) is 12.0. The Hall–Kier alpha value is -4.48. The van der Waals surface area contributed by atoms with E-state index in [1.807, 2.05) is 42.6 Å². The molecule has 0 spiro atoms. The van der Waals surface area contributed by atoms with Crippen LogP contribution >= 0.6 is 0 Å². The van der Waals surface area contributed by atoms with E-state index in [9.17, 15) is 4.79 Å². The number of H-pyrrole nitrogens is 1. The summed E-state index contributed by atoms with van der Waals surface area (Å²) in [6, 6.07) is 11.9. The highest BCUT2D eigenvalue weighted by atomic mass is 16.2. The van der Waals surface area contributed by atoms with Gasteiger partial charge in [-0.1, -0.05) is 50.0 Å². The van der Waals surface area contributed by atoms with Crippen molar-refractivity contribution in [1.82, 2.24) is 54.9 Å². The van der Waals surface area contributed by atoms with E-state index < -0.39 is 0 Å². The van der Waals surface area contributed by atoms with E-state index in [1.165, 1.54) is 0 Å². The fourth-order valence-electron chi connectivity index (χ4n) is 4.15. The maximum atomic E-state index is 13.5. The topological polar surface area (TPSA) is 138 Å². The van der Waals surface area contributed by atoms with Crippen LogP contribution in [0.3, 0.4) is 0 Å². The number of imidazole rings is 1. The summed E-state index contributed by atoms with van der Waals surface area (Å²) in [4.78, 5) is 18.0. The Morgan fingerprint density at radius 2 is 1.83 bits per heavy atom. The van der Waals surface area contributed by atoms with Gasteiger partial charge in [0.15, 0.2) is 5.82 Å². The molecule has 1 N–H and O–H groups in total. The van der Waals surface area contributed by atoms with Gasteiger partial charge in [0.25, 0.3) is 5.95 Å². The van der Waals surface area contributed by atoms with Crippen molar-refractivity contribution in [3.8, 4) is 28.5 Å². The highest BCUT2D eigenvalue weighted by molar-refractivity contribution is 5.70. The number of hydrogen-bond donors (Lipinski definition) is 1. The molecular weight excluding hydrogens is 458 g/mol. The van der Waals surface area contributed by atoms with E-state index >= 15 is 0 Å². The third-order valence-electron chi connectivity index (χ3n) is 5.97. The van der Waals surface area contributed by atoms with Crippen molar-refractivity contribution in [2.24, 2.45) is 0 Å². The van der Waals surface area contributed by atoms with E-state index in [0.29, 0.717) is 24.9 Å². The maximum Gasteiger partial charge on any atom is 0.335 e. The molecule has 0 fully saturated rings. The van der Waals surface area contributed by atoms with Gasteiger partial charge >= 0.3 is 5.69 Å². The van der Waals surface area contributed by atoms with E-state index in [2.05, 4.69) is 55.0 Å². The number of nitrogens with one attached hydrogen (secondary N) is 1. The number of benzene rings is 1. The van der Waals surface area contributed by atoms with E-state index in [-0.39, 0.29) is 5.69 Å². The average Bonchev–Trinajstić information content (AvgIpc) is 3.66. The van der Waals surface area contributed by atoms with Gasteiger partial charge < -0.3 is 0 Å². The summed E-state index contributed by atoms with van der Waals surface area (Å²) >= 11 is 0. The normalized spacial score (nSPS) is 11.3. The number of tetrazole rings is 2. The third kappa shape index (κ3) is 4.69. The Kier molecular flexibility index (Phi) is 6.74. The van der Waals surface area contributed by atoms with Gasteiger partial charge in [0, 0.05) is 30.2 Å². The molecule has 0 aliphatic heterocycles. The summed E-state index contributed by atoms with van der Waals surface area (Å²) in [6.07, 6.45) is 7.21. The monoisotopic (exact) mass is 485 g/mol. The Morgan fingerprint density at radius 3 is 2.64 bits per heavy atom. The molecule has 0 bridgehead atoms. The number of aromatic amines is 1. The predicted molar refractivity (Wildman–Crippen MR) is 132 cm³/mol. The maximum absolute atomic E-state index is 13.5. The van der Waals surface area contributed by atoms with Crippen molar-refractivity contribution < 1.29 is 0 Å². The zero-order valence-electron chi connectivity index (χ0n) is 20.2. The predicted octanol–water partition coefficient (Wildman–Crippen LogP) is 2.67. The second-order valence-electron chi connectivity index (χ2n) is 8.53. The van der Waals surface area contributed by atoms with Gasteiger partial charge in [0.1, 0.15) is 0 Å². The van der Waals surface area contributed by atoms with Gasteiger partial charge in [-0.3, -0.25) is 9.55 Å². The van der Waals surface area contributed by atoms with E-state index in [1.54, 1.807) is 20.0 Å². The molecule has 0 atom stereocenters. The molecule has 0 aliphatic rings. The quantitative estimate of drug-likeness (QED) is 0.319. The lowest BCUT2D eigenvalue weighted by molar-refractivity contribution is 0.540. The number of unbranched alkanes of at least 4 members (excludes halogenated alkanes) is 1. The molecule has 36 heavy (non-hydrogen) atoms. The molecule has 0 radical (unpaired) electrons. The summed E-state index contributed by atoms with van der Waals surface area (Å²) in [7, 11) is 0. The Bertz CT molecular complexity index is 1500. The first-order chi connectivity index (χ1) is 17.7. The number of hydrogen-bond acceptors (Lipinski definition) is 8. The van der Waals surface area contributed by atoms with Crippen LogP contribution in [0.15, 0.2) is 53.6 Å². The molecule has 12 heteroatoms. The molecule has 4 aromatic heterocycles. The minimum Gasteiger partial charge on any atom is -0.290 e. The van der Waals surface area contributed by atoms with Crippen LogP contribution in [-0.4, -0.2) is 54.9 Å². The SMILES string of the molecule is CCCCn1nnnc1-n1cc(CCC)n(Cc2cc(-c3cccc(-c4nnn[nH]4)c3)ccn2)c1=O. The van der Waals surface area contributed by atoms with Crippen LogP contribution in [0.25, 0.3) is 28.5 Å². The summed E-state index contributed by atoms with van der Waals surface area (Å²) in [5, 5.41) is 26.1. The zero-order chi connectivity index (χ0) is 24.9. The van der Waals surface area contributed by atoms with Gasteiger partial charge in [-0.05, 0) is 63.0 Å². The van der Waals surface area contributed by atoms with Crippen LogP contribution in [0.1, 0.15) is 44.5 Å². The second kappa shape index (κ2) is 10.4. The number of aromatic nitrogens is 11. The Balaban J connectivity index is 1.47. The summed E-state index contributed by atoms with van der Waals surface area (Å²) in [5.41, 5.74) is 4.39. The van der Waals surface area contributed by atoms with Crippen molar-refractivity contribution in [2.45, 2.75) is 52.6 Å². The smallest absolute Gasteiger partial charge is 0.290 e. The molecule has 0 aliphatic carbocycles. The lowest BCUT2D eigenvalue weighted by Gasteiger charge is -2.09. The number of rotatable bonds is 10. The van der Waals surface area contributed by atoms with Gasteiger partial charge in [-0.25, -0.2) is 19.1 Å². The first kappa shape index (κ1) is 23.3. The molecule has 5 aromatic rings. The average molecular weight is 486 g/mol. The van der Waals surface area contributed by atoms with Crippen molar-refractivity contribution in [3.63, 3.8) is 0 Å². The summed E-state index contributed by atoms with van der Waals surface area (Å²) < 4.78 is 4.98. The Morgan fingerprint density at radius 1 is 0.972 bits per heavy atom. The van der Waals surface area contributed by atoms with Crippen LogP contribution in [-0.2, 0) is 19.5 Å². The molecule has 0 amide bonds. The largest absolute Gasteiger partial charge is 0.335 e. The van der Waals surface area contributed by atoms with Crippen LogP contribution in [0.4, 0.5) is 0 Å². The fourth-order valence-corrected chi connectivity index (χ4v) is 4.15. The lowest BCUT2D eigenvalue weighted by Crippen LogP contribution is -2.27. The molecule has 12 nitrogen and oxygen atoms in total. The molecule has 5 rings (SSSR count).